The number of likely N-dealkylation sites (tertiary alicyclic amines) is 1. The van der Waals surface area contributed by atoms with Crippen LogP contribution in [-0.4, -0.2) is 31.1 Å². The molecule has 0 aliphatic carbocycles. The number of nitrogens with zero attached hydrogens (tertiary/aromatic N) is 1. The topological polar surface area (TPSA) is 15.3 Å². The number of hydrogen-bond acceptors (Lipinski definition) is 2. The molecule has 2 nitrogen and oxygen atoms in total. The van der Waals surface area contributed by atoms with Gasteiger partial charge in [0.25, 0.3) is 0 Å². The second-order valence-corrected chi connectivity index (χ2v) is 5.50. The number of piperidine rings is 1. The largest absolute Gasteiger partial charge is 0.313 e. The summed E-state index contributed by atoms with van der Waals surface area (Å²) in [6.45, 7) is 5.89. The lowest BCUT2D eigenvalue weighted by molar-refractivity contribution is 0.225. The van der Waals surface area contributed by atoms with Crippen LogP contribution in [0.25, 0.3) is 0 Å². The summed E-state index contributed by atoms with van der Waals surface area (Å²) in [5, 5.41) is 4.30. The first-order valence-electron chi connectivity index (χ1n) is 7.02. The van der Waals surface area contributed by atoms with Crippen molar-refractivity contribution in [2.75, 3.05) is 26.2 Å². The summed E-state index contributed by atoms with van der Waals surface area (Å²) >= 11 is 5.86. The van der Waals surface area contributed by atoms with Crippen molar-refractivity contribution < 1.29 is 0 Å². The third-order valence-electron chi connectivity index (χ3n) is 3.52. The number of benzene rings is 1. The van der Waals surface area contributed by atoms with E-state index in [2.05, 4.69) is 22.3 Å². The summed E-state index contributed by atoms with van der Waals surface area (Å²) < 4.78 is 0. The van der Waals surface area contributed by atoms with Crippen molar-refractivity contribution in [2.45, 2.75) is 32.2 Å². The summed E-state index contributed by atoms with van der Waals surface area (Å²) in [5.74, 6) is 0. The zero-order valence-corrected chi connectivity index (χ0v) is 11.8. The standard InChI is InChI=1S/C15H23ClN2/c16-15-7-5-14(6-8-15)13-17-9-4-12-18-10-2-1-3-11-18/h5-8,17H,1-4,9-13H2. The molecule has 100 valence electrons. The Kier molecular flexibility index (Phi) is 5.98. The van der Waals surface area contributed by atoms with E-state index >= 15 is 0 Å². The molecule has 1 aliphatic heterocycles. The van der Waals surface area contributed by atoms with Crippen molar-refractivity contribution in [1.82, 2.24) is 10.2 Å². The molecular weight excluding hydrogens is 244 g/mol. The van der Waals surface area contributed by atoms with Crippen molar-refractivity contribution in [3.05, 3.63) is 34.9 Å². The average Bonchev–Trinajstić information content (AvgIpc) is 2.42. The molecule has 1 N–H and O–H groups in total. The highest BCUT2D eigenvalue weighted by molar-refractivity contribution is 6.30. The maximum atomic E-state index is 5.86. The Morgan fingerprint density at radius 1 is 1.06 bits per heavy atom. The van der Waals surface area contributed by atoms with E-state index in [1.54, 1.807) is 0 Å². The van der Waals surface area contributed by atoms with Gasteiger partial charge in [0.05, 0.1) is 0 Å². The number of rotatable bonds is 6. The molecule has 3 heteroatoms. The number of halogens is 1. The fraction of sp³-hybridized carbons (Fsp3) is 0.600. The molecule has 1 heterocycles. The normalized spacial score (nSPS) is 16.9. The van der Waals surface area contributed by atoms with Gasteiger partial charge >= 0.3 is 0 Å². The monoisotopic (exact) mass is 266 g/mol. The van der Waals surface area contributed by atoms with Crippen molar-refractivity contribution in [1.29, 1.82) is 0 Å². The third kappa shape index (κ3) is 4.97. The molecule has 0 amide bonds. The highest BCUT2D eigenvalue weighted by Gasteiger charge is 2.08. The number of hydrogen-bond donors (Lipinski definition) is 1. The minimum absolute atomic E-state index is 0.809. The van der Waals surface area contributed by atoms with E-state index in [1.165, 1.54) is 50.9 Å². The molecule has 1 aromatic carbocycles. The van der Waals surface area contributed by atoms with Crippen LogP contribution in [0.5, 0.6) is 0 Å². The van der Waals surface area contributed by atoms with Crippen LogP contribution in [0, 0.1) is 0 Å². The van der Waals surface area contributed by atoms with Gasteiger partial charge in [0.15, 0.2) is 0 Å². The van der Waals surface area contributed by atoms with Crippen LogP contribution >= 0.6 is 11.6 Å². The molecule has 0 atom stereocenters. The zero-order chi connectivity index (χ0) is 12.6. The molecule has 1 fully saturated rings. The van der Waals surface area contributed by atoms with Crippen LogP contribution in [0.2, 0.25) is 5.02 Å². The average molecular weight is 267 g/mol. The fourth-order valence-corrected chi connectivity index (χ4v) is 2.57. The Morgan fingerprint density at radius 3 is 2.50 bits per heavy atom. The summed E-state index contributed by atoms with van der Waals surface area (Å²) in [5.41, 5.74) is 1.30. The molecule has 1 aliphatic rings. The molecule has 1 aromatic rings. The van der Waals surface area contributed by atoms with Crippen molar-refractivity contribution >= 4 is 11.6 Å². The predicted octanol–water partition coefficient (Wildman–Crippen LogP) is 3.31. The minimum atomic E-state index is 0.809. The van der Waals surface area contributed by atoms with Gasteiger partial charge in [-0.1, -0.05) is 30.2 Å². The van der Waals surface area contributed by atoms with Gasteiger partial charge in [0.2, 0.25) is 0 Å². The quantitative estimate of drug-likeness (QED) is 0.795. The maximum Gasteiger partial charge on any atom is 0.0406 e. The SMILES string of the molecule is Clc1ccc(CNCCCN2CCCCC2)cc1. The van der Waals surface area contributed by atoms with E-state index in [9.17, 15) is 0 Å². The molecule has 0 saturated carbocycles. The first-order valence-corrected chi connectivity index (χ1v) is 7.40. The van der Waals surface area contributed by atoms with Gasteiger partial charge in [-0.25, -0.2) is 0 Å². The van der Waals surface area contributed by atoms with Gasteiger partial charge in [-0.15, -0.1) is 0 Å². The highest BCUT2D eigenvalue weighted by atomic mass is 35.5. The van der Waals surface area contributed by atoms with Crippen LogP contribution in [0.4, 0.5) is 0 Å². The van der Waals surface area contributed by atoms with E-state index in [0.29, 0.717) is 0 Å². The van der Waals surface area contributed by atoms with Gasteiger partial charge in [-0.05, 0) is 63.1 Å². The molecule has 0 unspecified atom stereocenters. The van der Waals surface area contributed by atoms with Gasteiger partial charge in [-0.3, -0.25) is 0 Å². The second-order valence-electron chi connectivity index (χ2n) is 5.06. The van der Waals surface area contributed by atoms with Crippen LogP contribution < -0.4 is 5.32 Å². The third-order valence-corrected chi connectivity index (χ3v) is 3.77. The Balaban J connectivity index is 1.54. The molecule has 0 aromatic heterocycles. The van der Waals surface area contributed by atoms with Crippen molar-refractivity contribution in [3.8, 4) is 0 Å². The smallest absolute Gasteiger partial charge is 0.0406 e. The Bertz CT molecular complexity index is 331. The fourth-order valence-electron chi connectivity index (χ4n) is 2.45. The lowest BCUT2D eigenvalue weighted by Crippen LogP contribution is -2.32. The first-order chi connectivity index (χ1) is 8.84. The highest BCUT2D eigenvalue weighted by Crippen LogP contribution is 2.10. The van der Waals surface area contributed by atoms with E-state index in [1.807, 2.05) is 12.1 Å². The molecule has 2 rings (SSSR count). The zero-order valence-electron chi connectivity index (χ0n) is 11.0. The Hall–Kier alpha value is -0.570. The minimum Gasteiger partial charge on any atom is -0.313 e. The van der Waals surface area contributed by atoms with Gasteiger partial charge < -0.3 is 10.2 Å². The summed E-state index contributed by atoms with van der Waals surface area (Å²) in [6.07, 6.45) is 5.44. The van der Waals surface area contributed by atoms with Crippen LogP contribution in [0.3, 0.4) is 0 Å². The molecule has 0 radical (unpaired) electrons. The Morgan fingerprint density at radius 2 is 1.78 bits per heavy atom. The van der Waals surface area contributed by atoms with Crippen molar-refractivity contribution in [2.24, 2.45) is 0 Å². The predicted molar refractivity (Wildman–Crippen MR) is 78.1 cm³/mol. The molecule has 0 bridgehead atoms. The van der Waals surface area contributed by atoms with Gasteiger partial charge in [0, 0.05) is 11.6 Å². The van der Waals surface area contributed by atoms with E-state index < -0.39 is 0 Å². The van der Waals surface area contributed by atoms with Crippen LogP contribution in [0.1, 0.15) is 31.2 Å². The van der Waals surface area contributed by atoms with E-state index in [4.69, 9.17) is 11.6 Å². The first kappa shape index (κ1) is 13.9. The summed E-state index contributed by atoms with van der Waals surface area (Å²) in [4.78, 5) is 2.59. The molecule has 18 heavy (non-hydrogen) atoms. The summed E-state index contributed by atoms with van der Waals surface area (Å²) in [7, 11) is 0. The van der Waals surface area contributed by atoms with Gasteiger partial charge in [-0.2, -0.15) is 0 Å². The van der Waals surface area contributed by atoms with E-state index in [0.717, 1.165) is 18.1 Å². The van der Waals surface area contributed by atoms with Crippen LogP contribution in [-0.2, 0) is 6.54 Å². The number of nitrogens with one attached hydrogen (secondary N) is 1. The maximum absolute atomic E-state index is 5.86. The molecular formula is C15H23ClN2. The van der Waals surface area contributed by atoms with Gasteiger partial charge in [0.1, 0.15) is 0 Å². The Labute approximate surface area is 115 Å². The molecule has 1 saturated heterocycles. The van der Waals surface area contributed by atoms with Crippen LogP contribution in [0.15, 0.2) is 24.3 Å². The second kappa shape index (κ2) is 7.78. The van der Waals surface area contributed by atoms with E-state index in [-0.39, 0.29) is 0 Å². The molecule has 0 spiro atoms. The summed E-state index contributed by atoms with van der Waals surface area (Å²) in [6, 6.07) is 8.07. The lowest BCUT2D eigenvalue weighted by Gasteiger charge is -2.26. The van der Waals surface area contributed by atoms with Crippen molar-refractivity contribution in [3.63, 3.8) is 0 Å². The lowest BCUT2D eigenvalue weighted by atomic mass is 10.1.